The molecule has 26 heavy (non-hydrogen) atoms. The monoisotopic (exact) mass is 483 g/mol. The Kier molecular flexibility index (Phi) is 10.6. The number of guanidine groups is 1. The van der Waals surface area contributed by atoms with Crippen molar-refractivity contribution < 1.29 is 14.3 Å². The largest absolute Gasteiger partial charge is 0.453 e. The standard InChI is InChI=1S/C17H33N5O3.HI/c1-13(22-9-10-25-12-14(22)2)11-19-16(18-3)20-15-5-7-21(8-6-15)17(23)24-4;/h13-15H,5-12H2,1-4H3,(H2,18,19,20);1H. The molecule has 0 bridgehead atoms. The minimum Gasteiger partial charge on any atom is -0.453 e. The van der Waals surface area contributed by atoms with Gasteiger partial charge in [-0.25, -0.2) is 4.79 Å². The molecule has 152 valence electrons. The van der Waals surface area contributed by atoms with E-state index in [2.05, 4.69) is 34.4 Å². The predicted molar refractivity (Wildman–Crippen MR) is 113 cm³/mol. The van der Waals surface area contributed by atoms with Gasteiger partial charge in [-0.2, -0.15) is 0 Å². The number of methoxy groups -OCH3 is 1. The van der Waals surface area contributed by atoms with Gasteiger partial charge in [-0.15, -0.1) is 24.0 Å². The topological polar surface area (TPSA) is 78.4 Å². The van der Waals surface area contributed by atoms with Crippen LogP contribution in [0.3, 0.4) is 0 Å². The van der Waals surface area contributed by atoms with Gasteiger partial charge >= 0.3 is 6.09 Å². The Balaban J connectivity index is 0.00000338. The second kappa shape index (κ2) is 11.8. The highest BCUT2D eigenvalue weighted by Crippen LogP contribution is 2.12. The summed E-state index contributed by atoms with van der Waals surface area (Å²) in [4.78, 5) is 20.1. The zero-order valence-electron chi connectivity index (χ0n) is 16.4. The second-order valence-electron chi connectivity index (χ2n) is 6.84. The summed E-state index contributed by atoms with van der Waals surface area (Å²) < 4.78 is 10.3. The zero-order valence-corrected chi connectivity index (χ0v) is 18.7. The molecule has 2 rings (SSSR count). The van der Waals surface area contributed by atoms with E-state index in [1.165, 1.54) is 7.11 Å². The summed E-state index contributed by atoms with van der Waals surface area (Å²) in [6.45, 7) is 9.28. The van der Waals surface area contributed by atoms with Gasteiger partial charge in [0.05, 0.1) is 20.3 Å². The number of ether oxygens (including phenoxy) is 2. The fraction of sp³-hybridized carbons (Fsp3) is 0.882. The Hall–Kier alpha value is -0.810. The van der Waals surface area contributed by atoms with Crippen molar-refractivity contribution in [3.8, 4) is 0 Å². The maximum atomic E-state index is 11.5. The van der Waals surface area contributed by atoms with Crippen molar-refractivity contribution in [2.45, 2.75) is 44.8 Å². The normalized spacial score (nSPS) is 23.8. The lowest BCUT2D eigenvalue weighted by molar-refractivity contribution is -0.0174. The van der Waals surface area contributed by atoms with Crippen molar-refractivity contribution >= 4 is 36.0 Å². The molecule has 2 aliphatic heterocycles. The molecule has 2 atom stereocenters. The number of likely N-dealkylation sites (tertiary alicyclic amines) is 1. The quantitative estimate of drug-likeness (QED) is 0.355. The van der Waals surface area contributed by atoms with E-state index in [9.17, 15) is 4.79 Å². The molecule has 1 amide bonds. The van der Waals surface area contributed by atoms with Gasteiger partial charge in [-0.1, -0.05) is 0 Å². The molecule has 0 aromatic rings. The van der Waals surface area contributed by atoms with Gasteiger partial charge < -0.3 is 25.0 Å². The number of carbonyl (C=O) groups is 1. The summed E-state index contributed by atoms with van der Waals surface area (Å²) >= 11 is 0. The number of halogens is 1. The highest BCUT2D eigenvalue weighted by atomic mass is 127. The Morgan fingerprint density at radius 1 is 1.35 bits per heavy atom. The van der Waals surface area contributed by atoms with Crippen molar-refractivity contribution in [2.75, 3.05) is 53.6 Å². The zero-order chi connectivity index (χ0) is 18.2. The van der Waals surface area contributed by atoms with Crippen LogP contribution in [0.2, 0.25) is 0 Å². The molecule has 0 aromatic carbocycles. The van der Waals surface area contributed by atoms with Crippen LogP contribution < -0.4 is 10.6 Å². The van der Waals surface area contributed by atoms with Crippen LogP contribution in [0.5, 0.6) is 0 Å². The first-order chi connectivity index (χ1) is 12.0. The highest BCUT2D eigenvalue weighted by Gasteiger charge is 2.25. The Morgan fingerprint density at radius 3 is 2.62 bits per heavy atom. The number of nitrogens with one attached hydrogen (secondary N) is 2. The number of rotatable bonds is 4. The maximum Gasteiger partial charge on any atom is 0.409 e. The van der Waals surface area contributed by atoms with Crippen LogP contribution in [0, 0.1) is 0 Å². The van der Waals surface area contributed by atoms with Crippen LogP contribution in [-0.4, -0.2) is 93.5 Å². The number of carbonyl (C=O) groups excluding carboxylic acids is 1. The summed E-state index contributed by atoms with van der Waals surface area (Å²) in [5, 5.41) is 6.90. The third kappa shape index (κ3) is 6.73. The number of morpholine rings is 1. The average Bonchev–Trinajstić information content (AvgIpc) is 2.65. The Morgan fingerprint density at radius 2 is 2.04 bits per heavy atom. The van der Waals surface area contributed by atoms with Crippen LogP contribution in [-0.2, 0) is 9.47 Å². The number of aliphatic imine (C=N–C) groups is 1. The molecule has 2 fully saturated rings. The van der Waals surface area contributed by atoms with E-state index in [1.807, 2.05) is 0 Å². The second-order valence-corrected chi connectivity index (χ2v) is 6.84. The average molecular weight is 483 g/mol. The molecule has 0 spiro atoms. The minimum atomic E-state index is -0.241. The summed E-state index contributed by atoms with van der Waals surface area (Å²) in [6.07, 6.45) is 1.55. The summed E-state index contributed by atoms with van der Waals surface area (Å²) in [5.74, 6) is 0.823. The first-order valence-corrected chi connectivity index (χ1v) is 9.18. The number of hydrogen-bond acceptors (Lipinski definition) is 5. The van der Waals surface area contributed by atoms with Crippen molar-refractivity contribution in [3.63, 3.8) is 0 Å². The molecule has 0 radical (unpaired) electrons. The van der Waals surface area contributed by atoms with Crippen molar-refractivity contribution in [1.82, 2.24) is 20.4 Å². The molecule has 0 aromatic heterocycles. The smallest absolute Gasteiger partial charge is 0.409 e. The summed E-state index contributed by atoms with van der Waals surface area (Å²) in [6, 6.07) is 1.19. The molecule has 0 saturated carbocycles. The lowest BCUT2D eigenvalue weighted by atomic mass is 10.1. The van der Waals surface area contributed by atoms with Crippen molar-refractivity contribution in [3.05, 3.63) is 0 Å². The highest BCUT2D eigenvalue weighted by molar-refractivity contribution is 14.0. The van der Waals surface area contributed by atoms with Gasteiger partial charge in [0.15, 0.2) is 5.96 Å². The third-order valence-electron chi connectivity index (χ3n) is 5.04. The molecule has 2 heterocycles. The molecule has 2 N–H and O–H groups in total. The lowest BCUT2D eigenvalue weighted by Gasteiger charge is -2.38. The molecule has 2 aliphatic rings. The van der Waals surface area contributed by atoms with Gasteiger partial charge in [0.1, 0.15) is 0 Å². The van der Waals surface area contributed by atoms with Gasteiger partial charge in [-0.3, -0.25) is 9.89 Å². The molecular formula is C17H34IN5O3. The van der Waals surface area contributed by atoms with Crippen molar-refractivity contribution in [1.29, 1.82) is 0 Å². The minimum absolute atomic E-state index is 0. The van der Waals surface area contributed by atoms with E-state index in [-0.39, 0.29) is 30.1 Å². The number of nitrogens with zero attached hydrogens (tertiary/aromatic N) is 3. The predicted octanol–water partition coefficient (Wildman–Crippen LogP) is 1.11. The molecule has 2 saturated heterocycles. The molecule has 8 nitrogen and oxygen atoms in total. The van der Waals surface area contributed by atoms with Crippen LogP contribution in [0.1, 0.15) is 26.7 Å². The maximum absolute atomic E-state index is 11.5. The number of amides is 1. The Bertz CT molecular complexity index is 458. The Labute approximate surface area is 174 Å². The van der Waals surface area contributed by atoms with Gasteiger partial charge in [0.25, 0.3) is 0 Å². The number of piperidine rings is 1. The van der Waals surface area contributed by atoms with E-state index in [0.29, 0.717) is 31.2 Å². The molecule has 2 unspecified atom stereocenters. The van der Waals surface area contributed by atoms with Gasteiger partial charge in [0.2, 0.25) is 0 Å². The first kappa shape index (κ1) is 23.2. The van der Waals surface area contributed by atoms with E-state index in [0.717, 1.165) is 45.1 Å². The molecule has 0 aliphatic carbocycles. The first-order valence-electron chi connectivity index (χ1n) is 9.18. The number of hydrogen-bond donors (Lipinski definition) is 2. The van der Waals surface area contributed by atoms with Crippen LogP contribution in [0.15, 0.2) is 4.99 Å². The lowest BCUT2D eigenvalue weighted by Crippen LogP contribution is -2.54. The SMILES string of the molecule is CN=C(NCC(C)N1CCOCC1C)NC1CCN(C(=O)OC)CC1.I. The molecular weight excluding hydrogens is 449 g/mol. The van der Waals surface area contributed by atoms with Crippen LogP contribution in [0.25, 0.3) is 0 Å². The van der Waals surface area contributed by atoms with Crippen molar-refractivity contribution in [2.24, 2.45) is 4.99 Å². The van der Waals surface area contributed by atoms with Gasteiger partial charge in [-0.05, 0) is 26.7 Å². The molecule has 9 heteroatoms. The van der Waals surface area contributed by atoms with E-state index < -0.39 is 0 Å². The van der Waals surface area contributed by atoms with Crippen LogP contribution in [0.4, 0.5) is 4.79 Å². The van der Waals surface area contributed by atoms with E-state index in [4.69, 9.17) is 9.47 Å². The summed E-state index contributed by atoms with van der Waals surface area (Å²) in [7, 11) is 3.22. The third-order valence-corrected chi connectivity index (χ3v) is 5.04. The van der Waals surface area contributed by atoms with E-state index in [1.54, 1.807) is 11.9 Å². The van der Waals surface area contributed by atoms with Gasteiger partial charge in [0, 0.05) is 51.4 Å². The summed E-state index contributed by atoms with van der Waals surface area (Å²) in [5.41, 5.74) is 0. The fourth-order valence-corrected chi connectivity index (χ4v) is 3.48. The van der Waals surface area contributed by atoms with E-state index >= 15 is 0 Å². The van der Waals surface area contributed by atoms with Crippen LogP contribution >= 0.6 is 24.0 Å². The fourth-order valence-electron chi connectivity index (χ4n) is 3.48.